The summed E-state index contributed by atoms with van der Waals surface area (Å²) in [6.45, 7) is 0.624. The van der Waals surface area contributed by atoms with E-state index in [2.05, 4.69) is 9.97 Å². The number of thiazole rings is 1. The number of fused-ring (bicyclic) bond motifs is 2. The molecule has 0 spiro atoms. The van der Waals surface area contributed by atoms with Crippen LogP contribution in [0.2, 0.25) is 5.02 Å². The summed E-state index contributed by atoms with van der Waals surface area (Å²) in [5, 5.41) is 1.42. The third-order valence-corrected chi connectivity index (χ3v) is 8.07. The number of nitrogens with zero attached hydrogens (tertiary/aromatic N) is 4. The van der Waals surface area contributed by atoms with E-state index in [1.165, 1.54) is 11.3 Å². The Balaban J connectivity index is 1.28. The fourth-order valence-electron chi connectivity index (χ4n) is 4.65. The zero-order valence-electron chi connectivity index (χ0n) is 22.4. The molecule has 0 bridgehead atoms. The van der Waals surface area contributed by atoms with Gasteiger partial charge in [0.25, 0.3) is 11.8 Å². The molecule has 1 N–H and O–H groups in total. The van der Waals surface area contributed by atoms with Crippen molar-refractivity contribution in [3.8, 4) is 17.0 Å². The molecule has 6 rings (SSSR count). The molecule has 2 aromatic heterocycles. The molecule has 1 aliphatic heterocycles. The number of benzene rings is 3. The van der Waals surface area contributed by atoms with Gasteiger partial charge >= 0.3 is 5.69 Å². The van der Waals surface area contributed by atoms with Crippen LogP contribution in [0.4, 0.5) is 5.69 Å². The Kier molecular flexibility index (Phi) is 7.70. The minimum Gasteiger partial charge on any atom is -0.497 e. The van der Waals surface area contributed by atoms with Gasteiger partial charge in [-0.25, -0.2) is 9.79 Å². The van der Waals surface area contributed by atoms with Gasteiger partial charge in [0.05, 0.1) is 40.9 Å². The number of aromatic amines is 1. The fourth-order valence-corrected chi connectivity index (χ4v) is 5.92. The van der Waals surface area contributed by atoms with Gasteiger partial charge in [0.15, 0.2) is 10.4 Å². The first-order valence-corrected chi connectivity index (χ1v) is 14.3. The minimum absolute atomic E-state index is 0.156. The van der Waals surface area contributed by atoms with Crippen LogP contribution in [-0.2, 0) is 11.4 Å². The van der Waals surface area contributed by atoms with Gasteiger partial charge in [0, 0.05) is 11.6 Å². The number of unbranched alkanes of at least 4 members (excludes halogenated alkanes) is 1. The average molecular weight is 602 g/mol. The Morgan fingerprint density at radius 3 is 2.29 bits per heavy atom. The number of carbonyl (C=O) groups excluding carboxylic acids is 2. The first-order valence-electron chi connectivity index (χ1n) is 13.1. The second kappa shape index (κ2) is 11.7. The Morgan fingerprint density at radius 2 is 1.62 bits per heavy atom. The second-order valence-electron chi connectivity index (χ2n) is 9.41. The van der Waals surface area contributed by atoms with E-state index in [0.717, 1.165) is 15.3 Å². The van der Waals surface area contributed by atoms with Crippen molar-refractivity contribution < 1.29 is 19.2 Å². The number of H-pyrrole nitrogens is 1. The minimum atomic E-state index is -0.480. The molecule has 12 heteroatoms. The number of hydrogen-bond donors (Lipinski definition) is 1. The van der Waals surface area contributed by atoms with E-state index in [4.69, 9.17) is 26.2 Å². The quantitative estimate of drug-likeness (QED) is 0.180. The van der Waals surface area contributed by atoms with Crippen LogP contribution in [0.25, 0.3) is 21.6 Å². The number of ether oxygens (including phenoxy) is 1. The smallest absolute Gasteiger partial charge is 0.347 e. The van der Waals surface area contributed by atoms with Crippen LogP contribution in [-0.4, -0.2) is 45.1 Å². The van der Waals surface area contributed by atoms with Gasteiger partial charge in [-0.2, -0.15) is 4.98 Å². The summed E-state index contributed by atoms with van der Waals surface area (Å²) in [5.41, 5.74) is 2.83. The average Bonchev–Trinajstić information content (AvgIpc) is 3.47. The molecule has 0 radical (unpaired) electrons. The highest BCUT2D eigenvalue weighted by molar-refractivity contribution is 7.16. The summed E-state index contributed by atoms with van der Waals surface area (Å²) in [6, 6.07) is 21.2. The molecule has 0 atom stereocenters. The van der Waals surface area contributed by atoms with Crippen LogP contribution in [0.1, 0.15) is 33.6 Å². The SMILES string of the molecule is COc1ccc(-c2[nH]c(=O)nc3c2sc(=Nc2ccc(Cl)cc2)n3CCCCON2C(=O)c3ccccc3C2=O)cc1. The van der Waals surface area contributed by atoms with Crippen LogP contribution >= 0.6 is 22.9 Å². The summed E-state index contributed by atoms with van der Waals surface area (Å²) in [6.07, 6.45) is 1.14. The van der Waals surface area contributed by atoms with Gasteiger partial charge < -0.3 is 14.3 Å². The maximum atomic E-state index is 12.7. The standard InChI is InChI=1S/C30H24ClN5O5S/c1-40-21-14-8-18(9-15-21)24-25-26(34-29(39)33-24)35(30(42-25)32-20-12-10-19(31)11-13-20)16-4-5-17-41-36-27(37)22-6-2-3-7-23(22)28(36)38/h2-3,6-15H,4-5,16-17H2,1H3,(H,33,34,39). The van der Waals surface area contributed by atoms with Gasteiger partial charge in [0.1, 0.15) is 5.75 Å². The highest BCUT2D eigenvalue weighted by atomic mass is 35.5. The number of halogens is 1. The second-order valence-corrected chi connectivity index (χ2v) is 10.8. The van der Waals surface area contributed by atoms with Crippen molar-refractivity contribution in [3.05, 3.63) is 104 Å². The number of aryl methyl sites for hydroxylation is 1. The van der Waals surface area contributed by atoms with Crippen LogP contribution in [0.3, 0.4) is 0 Å². The summed E-state index contributed by atoms with van der Waals surface area (Å²) in [5.74, 6) is -0.228. The molecule has 5 aromatic rings. The van der Waals surface area contributed by atoms with Crippen molar-refractivity contribution in [2.24, 2.45) is 4.99 Å². The predicted octanol–water partition coefficient (Wildman–Crippen LogP) is 5.36. The molecule has 0 saturated carbocycles. The number of hydroxylamine groups is 2. The van der Waals surface area contributed by atoms with E-state index in [1.807, 2.05) is 41.0 Å². The molecule has 2 amide bonds. The van der Waals surface area contributed by atoms with Crippen molar-refractivity contribution in [1.82, 2.24) is 19.6 Å². The lowest BCUT2D eigenvalue weighted by atomic mass is 10.1. The molecule has 3 heterocycles. The molecule has 42 heavy (non-hydrogen) atoms. The van der Waals surface area contributed by atoms with Crippen LogP contribution in [0.5, 0.6) is 5.75 Å². The molecule has 0 saturated heterocycles. The Labute approximate surface area is 248 Å². The first kappa shape index (κ1) is 27.6. The number of nitrogens with one attached hydrogen (secondary N) is 1. The van der Waals surface area contributed by atoms with E-state index < -0.39 is 17.5 Å². The van der Waals surface area contributed by atoms with Crippen LogP contribution < -0.4 is 15.2 Å². The van der Waals surface area contributed by atoms with Gasteiger partial charge in [0.2, 0.25) is 0 Å². The largest absolute Gasteiger partial charge is 0.497 e. The molecule has 1 aliphatic rings. The molecule has 0 fully saturated rings. The number of carbonyl (C=O) groups is 2. The monoisotopic (exact) mass is 601 g/mol. The topological polar surface area (TPSA) is 119 Å². The van der Waals surface area contributed by atoms with Crippen molar-refractivity contribution >= 4 is 50.8 Å². The van der Waals surface area contributed by atoms with Crippen molar-refractivity contribution in [3.63, 3.8) is 0 Å². The molecule has 0 aliphatic carbocycles. The van der Waals surface area contributed by atoms with E-state index in [-0.39, 0.29) is 6.61 Å². The maximum absolute atomic E-state index is 12.7. The van der Waals surface area contributed by atoms with E-state index in [0.29, 0.717) is 63.1 Å². The molecule has 212 valence electrons. The summed E-state index contributed by atoms with van der Waals surface area (Å²) in [7, 11) is 1.60. The normalized spacial score (nSPS) is 13.3. The lowest BCUT2D eigenvalue weighted by molar-refractivity contribution is -0.0923. The van der Waals surface area contributed by atoms with Crippen LogP contribution in [0.15, 0.2) is 82.6 Å². The number of hydrogen-bond acceptors (Lipinski definition) is 8. The molecular formula is C30H24ClN5O5S. The third kappa shape index (κ3) is 5.37. The van der Waals surface area contributed by atoms with Gasteiger partial charge in [-0.1, -0.05) is 35.1 Å². The molecular weight excluding hydrogens is 578 g/mol. The van der Waals surface area contributed by atoms with E-state index in [1.54, 1.807) is 43.5 Å². The molecule has 10 nitrogen and oxygen atoms in total. The number of amides is 2. The maximum Gasteiger partial charge on any atom is 0.347 e. The van der Waals surface area contributed by atoms with Gasteiger partial charge in [-0.3, -0.25) is 14.4 Å². The highest BCUT2D eigenvalue weighted by Crippen LogP contribution is 2.29. The van der Waals surface area contributed by atoms with E-state index >= 15 is 0 Å². The summed E-state index contributed by atoms with van der Waals surface area (Å²) < 4.78 is 7.95. The first-order chi connectivity index (χ1) is 20.4. The van der Waals surface area contributed by atoms with Crippen molar-refractivity contribution in [2.45, 2.75) is 19.4 Å². The number of rotatable bonds is 9. The summed E-state index contributed by atoms with van der Waals surface area (Å²) >= 11 is 7.48. The number of aromatic nitrogens is 3. The lowest BCUT2D eigenvalue weighted by Crippen LogP contribution is -2.30. The lowest BCUT2D eigenvalue weighted by Gasteiger charge is -2.13. The Hall–Kier alpha value is -4.58. The van der Waals surface area contributed by atoms with Crippen molar-refractivity contribution in [2.75, 3.05) is 13.7 Å². The van der Waals surface area contributed by atoms with Crippen LogP contribution in [0, 0.1) is 0 Å². The molecule has 0 unspecified atom stereocenters. The zero-order chi connectivity index (χ0) is 29.2. The number of imide groups is 1. The van der Waals surface area contributed by atoms with Crippen molar-refractivity contribution in [1.29, 1.82) is 0 Å². The van der Waals surface area contributed by atoms with E-state index in [9.17, 15) is 14.4 Å². The number of methoxy groups -OCH3 is 1. The molecule has 3 aromatic carbocycles. The third-order valence-electron chi connectivity index (χ3n) is 6.73. The Bertz CT molecular complexity index is 1890. The Morgan fingerprint density at radius 1 is 0.929 bits per heavy atom. The zero-order valence-corrected chi connectivity index (χ0v) is 23.9. The fraction of sp³-hybridized carbons (Fsp3) is 0.167. The van der Waals surface area contributed by atoms with Gasteiger partial charge in [-0.05, 0) is 79.1 Å². The summed E-state index contributed by atoms with van der Waals surface area (Å²) in [4.78, 5) is 56.1. The highest BCUT2D eigenvalue weighted by Gasteiger charge is 2.36. The van der Waals surface area contributed by atoms with Gasteiger partial charge in [-0.15, -0.1) is 5.06 Å². The predicted molar refractivity (Wildman–Crippen MR) is 159 cm³/mol.